The number of hydrogen-bond acceptors (Lipinski definition) is 4. The van der Waals surface area contributed by atoms with Crippen molar-refractivity contribution in [3.63, 3.8) is 0 Å². The van der Waals surface area contributed by atoms with Gasteiger partial charge in [0.05, 0.1) is 12.7 Å². The van der Waals surface area contributed by atoms with Crippen LogP contribution in [0, 0.1) is 6.92 Å². The first kappa shape index (κ1) is 15.9. The number of hydrogen-bond donors (Lipinski definition) is 2. The SMILES string of the molecule is Cc1ccc(C(=O)NCCNCC2CN(C)CCO2)cc1. The molecule has 2 N–H and O–H groups in total. The molecule has 116 valence electrons. The van der Waals surface area contributed by atoms with Crippen LogP contribution in [0.25, 0.3) is 0 Å². The van der Waals surface area contributed by atoms with E-state index in [1.807, 2.05) is 31.2 Å². The van der Waals surface area contributed by atoms with E-state index in [9.17, 15) is 4.79 Å². The molecule has 1 saturated heterocycles. The molecule has 1 atom stereocenters. The number of nitrogens with one attached hydrogen (secondary N) is 2. The van der Waals surface area contributed by atoms with Crippen molar-refractivity contribution in [2.75, 3.05) is 46.4 Å². The van der Waals surface area contributed by atoms with Crippen molar-refractivity contribution in [3.05, 3.63) is 35.4 Å². The summed E-state index contributed by atoms with van der Waals surface area (Å²) < 4.78 is 5.67. The van der Waals surface area contributed by atoms with Gasteiger partial charge in [0.25, 0.3) is 5.91 Å². The van der Waals surface area contributed by atoms with Gasteiger partial charge in [0.15, 0.2) is 0 Å². The van der Waals surface area contributed by atoms with Gasteiger partial charge in [-0.3, -0.25) is 4.79 Å². The molecule has 0 aliphatic carbocycles. The number of carbonyl (C=O) groups excluding carboxylic acids is 1. The molecular weight excluding hydrogens is 266 g/mol. The van der Waals surface area contributed by atoms with Crippen molar-refractivity contribution in [3.8, 4) is 0 Å². The third kappa shape index (κ3) is 5.46. The molecule has 1 aliphatic rings. The fraction of sp³-hybridized carbons (Fsp3) is 0.562. The third-order valence-electron chi connectivity index (χ3n) is 3.61. The van der Waals surface area contributed by atoms with Crippen LogP contribution in [0.2, 0.25) is 0 Å². The van der Waals surface area contributed by atoms with E-state index in [2.05, 4.69) is 22.6 Å². The van der Waals surface area contributed by atoms with E-state index in [4.69, 9.17) is 4.74 Å². The maximum atomic E-state index is 11.9. The molecule has 1 aliphatic heterocycles. The van der Waals surface area contributed by atoms with Gasteiger partial charge in [0.2, 0.25) is 0 Å². The molecule has 5 nitrogen and oxygen atoms in total. The summed E-state index contributed by atoms with van der Waals surface area (Å²) in [7, 11) is 2.11. The molecule has 5 heteroatoms. The van der Waals surface area contributed by atoms with Crippen molar-refractivity contribution < 1.29 is 9.53 Å². The smallest absolute Gasteiger partial charge is 0.251 e. The largest absolute Gasteiger partial charge is 0.374 e. The highest BCUT2D eigenvalue weighted by molar-refractivity contribution is 5.94. The molecule has 0 radical (unpaired) electrons. The Morgan fingerprint density at radius 2 is 2.10 bits per heavy atom. The van der Waals surface area contributed by atoms with Crippen LogP contribution < -0.4 is 10.6 Å². The number of ether oxygens (including phenoxy) is 1. The lowest BCUT2D eigenvalue weighted by molar-refractivity contribution is -0.0179. The monoisotopic (exact) mass is 291 g/mol. The quantitative estimate of drug-likeness (QED) is 0.756. The molecule has 1 amide bonds. The molecule has 2 rings (SSSR count). The van der Waals surface area contributed by atoms with Crippen LogP contribution in [-0.2, 0) is 4.74 Å². The fourth-order valence-electron chi connectivity index (χ4n) is 2.32. The standard InChI is InChI=1S/C16H25N3O2/c1-13-3-5-14(6-4-13)16(20)18-8-7-17-11-15-12-19(2)9-10-21-15/h3-6,15,17H,7-12H2,1-2H3,(H,18,20). The molecule has 21 heavy (non-hydrogen) atoms. The molecule has 1 heterocycles. The second kappa shape index (κ2) is 8.12. The number of nitrogens with zero attached hydrogens (tertiary/aromatic N) is 1. The second-order valence-electron chi connectivity index (χ2n) is 5.58. The number of aryl methyl sites for hydroxylation is 1. The van der Waals surface area contributed by atoms with E-state index in [0.717, 1.165) is 38.3 Å². The van der Waals surface area contributed by atoms with Crippen LogP contribution in [0.5, 0.6) is 0 Å². The molecule has 0 aromatic heterocycles. The average Bonchev–Trinajstić information content (AvgIpc) is 2.47. The van der Waals surface area contributed by atoms with E-state index in [1.165, 1.54) is 0 Å². The lowest BCUT2D eigenvalue weighted by Gasteiger charge is -2.30. The summed E-state index contributed by atoms with van der Waals surface area (Å²) in [5, 5.41) is 6.24. The minimum atomic E-state index is -0.0227. The Kier molecular flexibility index (Phi) is 6.17. The van der Waals surface area contributed by atoms with E-state index in [1.54, 1.807) is 0 Å². The Bertz CT molecular complexity index is 447. The van der Waals surface area contributed by atoms with Crippen LogP contribution in [0.4, 0.5) is 0 Å². The first-order valence-corrected chi connectivity index (χ1v) is 7.51. The first-order valence-electron chi connectivity index (χ1n) is 7.51. The maximum absolute atomic E-state index is 11.9. The Balaban J connectivity index is 1.59. The van der Waals surface area contributed by atoms with E-state index in [0.29, 0.717) is 12.1 Å². The predicted molar refractivity (Wildman–Crippen MR) is 83.6 cm³/mol. The van der Waals surface area contributed by atoms with Crippen LogP contribution >= 0.6 is 0 Å². The molecular formula is C16H25N3O2. The zero-order valence-corrected chi connectivity index (χ0v) is 12.9. The first-order chi connectivity index (χ1) is 10.1. The van der Waals surface area contributed by atoms with Gasteiger partial charge in [-0.1, -0.05) is 17.7 Å². The number of benzene rings is 1. The minimum absolute atomic E-state index is 0.0227. The Morgan fingerprint density at radius 1 is 1.33 bits per heavy atom. The molecule has 1 fully saturated rings. The number of rotatable bonds is 6. The number of morpholine rings is 1. The third-order valence-corrected chi connectivity index (χ3v) is 3.61. The fourth-order valence-corrected chi connectivity index (χ4v) is 2.32. The summed E-state index contributed by atoms with van der Waals surface area (Å²) >= 11 is 0. The normalized spacial score (nSPS) is 19.4. The number of likely N-dealkylation sites (N-methyl/N-ethyl adjacent to an activating group) is 1. The van der Waals surface area contributed by atoms with Gasteiger partial charge in [0, 0.05) is 38.3 Å². The highest BCUT2D eigenvalue weighted by Gasteiger charge is 2.16. The summed E-state index contributed by atoms with van der Waals surface area (Å²) in [6.45, 7) is 6.97. The molecule has 0 spiro atoms. The zero-order chi connectivity index (χ0) is 15.1. The number of amides is 1. The van der Waals surface area contributed by atoms with Gasteiger partial charge in [-0.2, -0.15) is 0 Å². The zero-order valence-electron chi connectivity index (χ0n) is 12.9. The van der Waals surface area contributed by atoms with Gasteiger partial charge in [-0.05, 0) is 26.1 Å². The second-order valence-corrected chi connectivity index (χ2v) is 5.58. The Hall–Kier alpha value is -1.43. The van der Waals surface area contributed by atoms with Crippen LogP contribution in [0.1, 0.15) is 15.9 Å². The molecule has 1 unspecified atom stereocenters. The molecule has 0 saturated carbocycles. The van der Waals surface area contributed by atoms with Gasteiger partial charge < -0.3 is 20.3 Å². The lowest BCUT2D eigenvalue weighted by atomic mass is 10.1. The van der Waals surface area contributed by atoms with E-state index >= 15 is 0 Å². The minimum Gasteiger partial charge on any atom is -0.374 e. The van der Waals surface area contributed by atoms with Crippen LogP contribution in [-0.4, -0.2) is 63.3 Å². The molecule has 0 bridgehead atoms. The summed E-state index contributed by atoms with van der Waals surface area (Å²) in [5.74, 6) is -0.0227. The van der Waals surface area contributed by atoms with Gasteiger partial charge in [-0.15, -0.1) is 0 Å². The predicted octanol–water partition coefficient (Wildman–Crippen LogP) is 0.645. The van der Waals surface area contributed by atoms with Gasteiger partial charge in [-0.25, -0.2) is 0 Å². The van der Waals surface area contributed by atoms with E-state index in [-0.39, 0.29) is 12.0 Å². The van der Waals surface area contributed by atoms with Crippen molar-refractivity contribution in [1.82, 2.24) is 15.5 Å². The maximum Gasteiger partial charge on any atom is 0.251 e. The van der Waals surface area contributed by atoms with Crippen molar-refractivity contribution in [1.29, 1.82) is 0 Å². The highest BCUT2D eigenvalue weighted by Crippen LogP contribution is 2.03. The molecule has 1 aromatic carbocycles. The average molecular weight is 291 g/mol. The summed E-state index contributed by atoms with van der Waals surface area (Å²) in [6, 6.07) is 7.60. The topological polar surface area (TPSA) is 53.6 Å². The Morgan fingerprint density at radius 3 is 2.81 bits per heavy atom. The Labute approximate surface area is 126 Å². The molecule has 1 aromatic rings. The van der Waals surface area contributed by atoms with Gasteiger partial charge in [0.1, 0.15) is 0 Å². The number of carbonyl (C=O) groups is 1. The van der Waals surface area contributed by atoms with Gasteiger partial charge >= 0.3 is 0 Å². The van der Waals surface area contributed by atoms with Crippen molar-refractivity contribution in [2.24, 2.45) is 0 Å². The lowest BCUT2D eigenvalue weighted by Crippen LogP contribution is -2.45. The van der Waals surface area contributed by atoms with E-state index < -0.39 is 0 Å². The van der Waals surface area contributed by atoms with Crippen molar-refractivity contribution >= 4 is 5.91 Å². The summed E-state index contributed by atoms with van der Waals surface area (Å²) in [5.41, 5.74) is 1.86. The van der Waals surface area contributed by atoms with Crippen molar-refractivity contribution in [2.45, 2.75) is 13.0 Å². The summed E-state index contributed by atoms with van der Waals surface area (Å²) in [6.07, 6.45) is 0.247. The summed E-state index contributed by atoms with van der Waals surface area (Å²) in [4.78, 5) is 14.2. The van der Waals surface area contributed by atoms with Crippen LogP contribution in [0.3, 0.4) is 0 Å². The highest BCUT2D eigenvalue weighted by atomic mass is 16.5. The van der Waals surface area contributed by atoms with Crippen LogP contribution in [0.15, 0.2) is 24.3 Å².